The Morgan fingerprint density at radius 1 is 1.09 bits per heavy atom. The Labute approximate surface area is 213 Å². The quantitative estimate of drug-likeness (QED) is 0.186. The van der Waals surface area contributed by atoms with Crippen molar-refractivity contribution in [3.05, 3.63) is 58.0 Å². The normalized spacial score (nSPS) is 12.7. The largest absolute Gasteiger partial charge is 0.482 e. The number of alkyl halides is 3. The van der Waals surface area contributed by atoms with Crippen molar-refractivity contribution < 1.29 is 27.4 Å². The maximum absolute atomic E-state index is 13.2. The molecule has 8 heteroatoms. The molecule has 0 saturated carbocycles. The third kappa shape index (κ3) is 7.17. The summed E-state index contributed by atoms with van der Waals surface area (Å²) in [6, 6.07) is 9.97. The van der Waals surface area contributed by atoms with Gasteiger partial charge in [-0.25, -0.2) is 4.79 Å². The van der Waals surface area contributed by atoms with Crippen LogP contribution in [0.2, 0.25) is 0 Å². The number of fused-ring (bicyclic) bond motifs is 1. The molecule has 2 aromatic carbocycles. The number of carbonyl (C=O) groups excluding carboxylic acids is 1. The summed E-state index contributed by atoms with van der Waals surface area (Å²) in [7, 11) is 0. The van der Waals surface area contributed by atoms with E-state index in [1.165, 1.54) is 28.3 Å². The Morgan fingerprint density at radius 3 is 2.51 bits per heavy atom. The Balaban J connectivity index is 1.66. The Kier molecular flexibility index (Phi) is 9.53. The van der Waals surface area contributed by atoms with E-state index >= 15 is 0 Å². The molecule has 1 aromatic heterocycles. The fourth-order valence-electron chi connectivity index (χ4n) is 4.10. The number of carbonyl (C=O) groups is 1. The average Bonchev–Trinajstić information content (AvgIpc) is 3.13. The molecule has 0 N–H and O–H groups in total. The van der Waals surface area contributed by atoms with Gasteiger partial charge in [0.05, 0.1) is 12.2 Å². The van der Waals surface area contributed by atoms with Crippen LogP contribution in [0.4, 0.5) is 13.2 Å². The molecule has 3 rings (SSSR count). The van der Waals surface area contributed by atoms with Gasteiger partial charge in [-0.2, -0.15) is 13.2 Å². The van der Waals surface area contributed by atoms with Gasteiger partial charge in [0, 0.05) is 14.5 Å². The van der Waals surface area contributed by atoms with E-state index in [1.807, 2.05) is 32.0 Å². The smallest absolute Gasteiger partial charge is 0.416 e. The molecular weight excluding hydrogens is 493 g/mol. The molecular formula is C27H31F3O3S2. The van der Waals surface area contributed by atoms with Crippen molar-refractivity contribution in [3.8, 4) is 5.75 Å². The number of ether oxygens (including phenoxy) is 2. The first-order valence-electron chi connectivity index (χ1n) is 11.8. The van der Waals surface area contributed by atoms with Crippen molar-refractivity contribution in [2.24, 2.45) is 0 Å². The maximum atomic E-state index is 13.2. The summed E-state index contributed by atoms with van der Waals surface area (Å²) in [6.45, 7) is 8.08. The molecule has 3 nitrogen and oxygen atoms in total. The number of thioether (sulfide) groups is 1. The summed E-state index contributed by atoms with van der Waals surface area (Å²) < 4.78 is 50.7. The van der Waals surface area contributed by atoms with E-state index in [0.29, 0.717) is 23.0 Å². The zero-order valence-electron chi connectivity index (χ0n) is 20.5. The summed E-state index contributed by atoms with van der Waals surface area (Å²) in [4.78, 5) is 13.8. The molecule has 1 unspecified atom stereocenters. The highest BCUT2D eigenvalue weighted by Crippen LogP contribution is 2.42. The van der Waals surface area contributed by atoms with E-state index in [4.69, 9.17) is 9.47 Å². The van der Waals surface area contributed by atoms with E-state index in [9.17, 15) is 18.0 Å². The Hall–Kier alpha value is -2.19. The van der Waals surface area contributed by atoms with Crippen LogP contribution in [-0.2, 0) is 15.7 Å². The molecule has 1 atom stereocenters. The molecule has 0 radical (unpaired) electrons. The minimum Gasteiger partial charge on any atom is -0.482 e. The van der Waals surface area contributed by atoms with Gasteiger partial charge < -0.3 is 9.47 Å². The standard InChI is InChI=1S/C27H31F3O3S2/c1-5-7-19(26-18(4)22-10-8-20(27(28,29)30)15-24(22)35-26)12-13-34-21-9-11-23(17(3)14-21)33-16-25(31)32-6-2/h8-11,14-15,19H,5-7,12-13,16H2,1-4H3. The molecule has 0 saturated heterocycles. The van der Waals surface area contributed by atoms with E-state index in [0.717, 1.165) is 46.4 Å². The summed E-state index contributed by atoms with van der Waals surface area (Å²) in [6.07, 6.45) is -1.37. The second-order valence-electron chi connectivity index (χ2n) is 8.44. The second kappa shape index (κ2) is 12.2. The first-order chi connectivity index (χ1) is 16.6. The van der Waals surface area contributed by atoms with Crippen molar-refractivity contribution in [3.63, 3.8) is 0 Å². The molecule has 190 valence electrons. The van der Waals surface area contributed by atoms with E-state index < -0.39 is 17.7 Å². The summed E-state index contributed by atoms with van der Waals surface area (Å²) in [5.74, 6) is 1.48. The van der Waals surface area contributed by atoms with Gasteiger partial charge in [0.15, 0.2) is 6.61 Å². The lowest BCUT2D eigenvalue weighted by Crippen LogP contribution is -2.14. The SMILES string of the molecule is CCCC(CCSc1ccc(OCC(=O)OCC)c(C)c1)c1sc2cc(C(F)(F)F)ccc2c1C. The first-order valence-corrected chi connectivity index (χ1v) is 13.6. The predicted molar refractivity (Wildman–Crippen MR) is 138 cm³/mol. The van der Waals surface area contributed by atoms with E-state index in [2.05, 4.69) is 6.92 Å². The van der Waals surface area contributed by atoms with Crippen LogP contribution in [0.1, 0.15) is 60.6 Å². The number of hydrogen-bond donors (Lipinski definition) is 0. The van der Waals surface area contributed by atoms with Gasteiger partial charge in [0.2, 0.25) is 0 Å². The van der Waals surface area contributed by atoms with Crippen molar-refractivity contribution in [2.75, 3.05) is 19.0 Å². The van der Waals surface area contributed by atoms with Crippen LogP contribution < -0.4 is 4.74 Å². The fraction of sp³-hybridized carbons (Fsp3) is 0.444. The van der Waals surface area contributed by atoms with Crippen molar-refractivity contribution >= 4 is 39.2 Å². The number of rotatable bonds is 11. The number of hydrogen-bond acceptors (Lipinski definition) is 5. The third-order valence-corrected chi connectivity index (χ3v) is 8.29. The van der Waals surface area contributed by atoms with Crippen LogP contribution in [0.15, 0.2) is 41.3 Å². The van der Waals surface area contributed by atoms with Gasteiger partial charge >= 0.3 is 12.1 Å². The maximum Gasteiger partial charge on any atom is 0.416 e. The zero-order valence-corrected chi connectivity index (χ0v) is 22.1. The number of halogens is 3. The first kappa shape index (κ1) is 27.4. The number of esters is 1. The average molecular weight is 525 g/mol. The van der Waals surface area contributed by atoms with Crippen LogP contribution in [0.25, 0.3) is 10.1 Å². The van der Waals surface area contributed by atoms with Crippen molar-refractivity contribution in [2.45, 2.75) is 63.9 Å². The Bertz CT molecular complexity index is 1150. The van der Waals surface area contributed by atoms with Gasteiger partial charge in [0.1, 0.15) is 5.75 Å². The van der Waals surface area contributed by atoms with E-state index in [1.54, 1.807) is 24.8 Å². The molecule has 0 fully saturated rings. The van der Waals surface area contributed by atoms with Crippen LogP contribution in [0.5, 0.6) is 5.75 Å². The molecule has 0 bridgehead atoms. The molecule has 1 heterocycles. The third-order valence-electron chi connectivity index (χ3n) is 5.84. The molecule has 35 heavy (non-hydrogen) atoms. The lowest BCUT2D eigenvalue weighted by Gasteiger charge is -2.16. The van der Waals surface area contributed by atoms with Crippen molar-refractivity contribution in [1.82, 2.24) is 0 Å². The molecule has 0 spiro atoms. The predicted octanol–water partition coefficient (Wildman–Crippen LogP) is 8.54. The topological polar surface area (TPSA) is 35.5 Å². The minimum absolute atomic E-state index is 0.112. The van der Waals surface area contributed by atoms with Gasteiger partial charge in [-0.15, -0.1) is 23.1 Å². The molecule has 0 amide bonds. The number of thiophene rings is 1. The van der Waals surface area contributed by atoms with Crippen molar-refractivity contribution in [1.29, 1.82) is 0 Å². The number of aryl methyl sites for hydroxylation is 2. The Morgan fingerprint density at radius 2 is 1.86 bits per heavy atom. The molecule has 3 aromatic rings. The lowest BCUT2D eigenvalue weighted by atomic mass is 9.95. The highest BCUT2D eigenvalue weighted by atomic mass is 32.2. The number of benzene rings is 2. The van der Waals surface area contributed by atoms with Gasteiger partial charge in [-0.1, -0.05) is 19.4 Å². The summed E-state index contributed by atoms with van der Waals surface area (Å²) >= 11 is 3.25. The summed E-state index contributed by atoms with van der Waals surface area (Å²) in [5, 5.41) is 0.917. The monoisotopic (exact) mass is 524 g/mol. The minimum atomic E-state index is -4.33. The van der Waals surface area contributed by atoms with Crippen LogP contribution in [0, 0.1) is 13.8 Å². The van der Waals surface area contributed by atoms with Gasteiger partial charge in [-0.05, 0) is 92.1 Å². The molecule has 0 aliphatic heterocycles. The fourth-order valence-corrected chi connectivity index (χ4v) is 6.58. The van der Waals surface area contributed by atoms with Gasteiger partial charge in [-0.3, -0.25) is 0 Å². The summed E-state index contributed by atoms with van der Waals surface area (Å²) in [5.41, 5.74) is 1.46. The second-order valence-corrected chi connectivity index (χ2v) is 10.7. The van der Waals surface area contributed by atoms with Crippen LogP contribution in [0.3, 0.4) is 0 Å². The van der Waals surface area contributed by atoms with Crippen LogP contribution >= 0.6 is 23.1 Å². The molecule has 0 aliphatic carbocycles. The highest BCUT2D eigenvalue weighted by molar-refractivity contribution is 7.99. The highest BCUT2D eigenvalue weighted by Gasteiger charge is 2.31. The van der Waals surface area contributed by atoms with Gasteiger partial charge in [0.25, 0.3) is 0 Å². The lowest BCUT2D eigenvalue weighted by molar-refractivity contribution is -0.145. The molecule has 0 aliphatic rings. The van der Waals surface area contributed by atoms with E-state index in [-0.39, 0.29) is 6.61 Å². The van der Waals surface area contributed by atoms with Crippen LogP contribution in [-0.4, -0.2) is 24.9 Å². The zero-order chi connectivity index (χ0) is 25.6.